The first-order chi connectivity index (χ1) is 10.2. The fourth-order valence-corrected chi connectivity index (χ4v) is 3.42. The Kier molecular flexibility index (Phi) is 6.04. The first-order valence-corrected chi connectivity index (χ1v) is 8.50. The Balaban J connectivity index is 2.19. The molecule has 1 heterocycles. The number of aromatic nitrogens is 1. The summed E-state index contributed by atoms with van der Waals surface area (Å²) in [4.78, 5) is 4.40. The van der Waals surface area contributed by atoms with Gasteiger partial charge in [-0.05, 0) is 49.3 Å². The molecule has 0 spiro atoms. The van der Waals surface area contributed by atoms with Crippen LogP contribution in [-0.4, -0.2) is 18.1 Å². The summed E-state index contributed by atoms with van der Waals surface area (Å²) in [6.45, 7) is 8.59. The maximum absolute atomic E-state index is 5.76. The average molecular weight is 290 g/mol. The summed E-state index contributed by atoms with van der Waals surface area (Å²) in [5.41, 5.74) is 1.63. The van der Waals surface area contributed by atoms with Crippen molar-refractivity contribution in [2.45, 2.75) is 65.3 Å². The van der Waals surface area contributed by atoms with Gasteiger partial charge in [0.1, 0.15) is 5.75 Å². The molecule has 0 aromatic carbocycles. The van der Waals surface area contributed by atoms with Crippen LogP contribution < -0.4 is 10.1 Å². The molecule has 0 amide bonds. The van der Waals surface area contributed by atoms with E-state index in [4.69, 9.17) is 4.74 Å². The summed E-state index contributed by atoms with van der Waals surface area (Å²) in [6, 6.07) is 2.57. The predicted octanol–water partition coefficient (Wildman–Crippen LogP) is 4.49. The third kappa shape index (κ3) is 4.19. The van der Waals surface area contributed by atoms with E-state index in [-0.39, 0.29) is 0 Å². The van der Waals surface area contributed by atoms with Crippen molar-refractivity contribution in [1.29, 1.82) is 0 Å². The minimum Gasteiger partial charge on any atom is -0.492 e. The Hall–Kier alpha value is -1.09. The van der Waals surface area contributed by atoms with E-state index in [1.807, 2.05) is 12.4 Å². The van der Waals surface area contributed by atoms with Crippen molar-refractivity contribution in [2.24, 2.45) is 5.41 Å². The number of pyridine rings is 1. The second-order valence-corrected chi connectivity index (χ2v) is 6.55. The Labute approximate surface area is 129 Å². The molecule has 118 valence electrons. The molecule has 1 aliphatic carbocycles. The molecule has 3 heteroatoms. The second-order valence-electron chi connectivity index (χ2n) is 6.55. The maximum Gasteiger partial charge on any atom is 0.137 e. The summed E-state index contributed by atoms with van der Waals surface area (Å²) in [6.07, 6.45) is 11.3. The number of ether oxygens (including phenoxy) is 1. The number of rotatable bonds is 8. The fourth-order valence-electron chi connectivity index (χ4n) is 3.42. The van der Waals surface area contributed by atoms with Gasteiger partial charge in [0, 0.05) is 12.2 Å². The molecule has 1 saturated carbocycles. The van der Waals surface area contributed by atoms with Crippen LogP contribution in [0, 0.1) is 5.41 Å². The molecule has 0 bridgehead atoms. The zero-order valence-electron chi connectivity index (χ0n) is 13.8. The summed E-state index contributed by atoms with van der Waals surface area (Å²) < 4.78 is 5.76. The number of nitrogens with zero attached hydrogens (tertiary/aromatic N) is 1. The zero-order chi connectivity index (χ0) is 15.1. The quantitative estimate of drug-likeness (QED) is 0.766. The number of hydrogen-bond donors (Lipinski definition) is 1. The molecule has 1 aromatic heterocycles. The Morgan fingerprint density at radius 3 is 2.67 bits per heavy atom. The second kappa shape index (κ2) is 7.79. The first-order valence-electron chi connectivity index (χ1n) is 8.50. The van der Waals surface area contributed by atoms with Gasteiger partial charge in [-0.2, -0.15) is 0 Å². The molecular weight excluding hydrogens is 260 g/mol. The highest BCUT2D eigenvalue weighted by Crippen LogP contribution is 2.47. The largest absolute Gasteiger partial charge is 0.492 e. The van der Waals surface area contributed by atoms with Gasteiger partial charge < -0.3 is 10.1 Å². The monoisotopic (exact) mass is 290 g/mol. The van der Waals surface area contributed by atoms with Crippen LogP contribution in [0.25, 0.3) is 0 Å². The van der Waals surface area contributed by atoms with Crippen molar-refractivity contribution >= 4 is 0 Å². The molecule has 1 aliphatic rings. The van der Waals surface area contributed by atoms with Crippen LogP contribution in [-0.2, 0) is 0 Å². The standard InChI is InChI=1S/C18H30N2O/c1-4-10-20-17(18(3)8-6-7-9-18)15-12-16(14-19-13-15)21-11-5-2/h12-14,17,20H,4-11H2,1-3H3. The van der Waals surface area contributed by atoms with E-state index in [0.717, 1.165) is 31.7 Å². The van der Waals surface area contributed by atoms with Crippen molar-refractivity contribution in [2.75, 3.05) is 13.2 Å². The highest BCUT2D eigenvalue weighted by atomic mass is 16.5. The van der Waals surface area contributed by atoms with Crippen molar-refractivity contribution in [1.82, 2.24) is 10.3 Å². The van der Waals surface area contributed by atoms with Crippen molar-refractivity contribution in [3.05, 3.63) is 24.0 Å². The van der Waals surface area contributed by atoms with Crippen LogP contribution in [0.15, 0.2) is 18.5 Å². The van der Waals surface area contributed by atoms with E-state index in [1.54, 1.807) is 0 Å². The van der Waals surface area contributed by atoms with Gasteiger partial charge >= 0.3 is 0 Å². The van der Waals surface area contributed by atoms with E-state index in [0.29, 0.717) is 11.5 Å². The zero-order valence-corrected chi connectivity index (χ0v) is 13.8. The number of nitrogens with one attached hydrogen (secondary N) is 1. The Bertz CT molecular complexity index is 427. The lowest BCUT2D eigenvalue weighted by atomic mass is 9.77. The molecule has 1 atom stereocenters. The van der Waals surface area contributed by atoms with Crippen LogP contribution in [0.1, 0.15) is 70.9 Å². The lowest BCUT2D eigenvalue weighted by Crippen LogP contribution is -2.35. The highest BCUT2D eigenvalue weighted by Gasteiger charge is 2.37. The summed E-state index contributed by atoms with van der Waals surface area (Å²) in [5.74, 6) is 0.902. The predicted molar refractivity (Wildman–Crippen MR) is 87.6 cm³/mol. The van der Waals surface area contributed by atoms with Gasteiger partial charge in [-0.15, -0.1) is 0 Å². The molecule has 21 heavy (non-hydrogen) atoms. The molecule has 1 N–H and O–H groups in total. The SMILES string of the molecule is CCCNC(c1cncc(OCCC)c1)C1(C)CCCC1. The molecule has 0 aliphatic heterocycles. The first kappa shape index (κ1) is 16.3. The summed E-state index contributed by atoms with van der Waals surface area (Å²) in [7, 11) is 0. The third-order valence-electron chi connectivity index (χ3n) is 4.58. The van der Waals surface area contributed by atoms with E-state index >= 15 is 0 Å². The van der Waals surface area contributed by atoms with Crippen molar-refractivity contribution in [3.63, 3.8) is 0 Å². The normalized spacial score (nSPS) is 18.6. The average Bonchev–Trinajstić information content (AvgIpc) is 2.93. The van der Waals surface area contributed by atoms with Gasteiger partial charge in [0.2, 0.25) is 0 Å². The maximum atomic E-state index is 5.76. The fraction of sp³-hybridized carbons (Fsp3) is 0.722. The highest BCUT2D eigenvalue weighted by molar-refractivity contribution is 5.27. The van der Waals surface area contributed by atoms with Crippen molar-refractivity contribution < 1.29 is 4.74 Å². The van der Waals surface area contributed by atoms with Crippen molar-refractivity contribution in [3.8, 4) is 5.75 Å². The van der Waals surface area contributed by atoms with Gasteiger partial charge in [-0.1, -0.05) is 33.6 Å². The lowest BCUT2D eigenvalue weighted by molar-refractivity contribution is 0.222. The third-order valence-corrected chi connectivity index (χ3v) is 4.58. The van der Waals surface area contributed by atoms with Crippen LogP contribution in [0.4, 0.5) is 0 Å². The molecule has 0 radical (unpaired) electrons. The van der Waals surface area contributed by atoms with E-state index in [9.17, 15) is 0 Å². The topological polar surface area (TPSA) is 34.2 Å². The van der Waals surface area contributed by atoms with Gasteiger partial charge in [0.05, 0.1) is 12.8 Å². The van der Waals surface area contributed by atoms with Gasteiger partial charge in [0.25, 0.3) is 0 Å². The van der Waals surface area contributed by atoms with Crippen LogP contribution >= 0.6 is 0 Å². The van der Waals surface area contributed by atoms with Gasteiger partial charge in [-0.25, -0.2) is 0 Å². The molecular formula is C18H30N2O. The summed E-state index contributed by atoms with van der Waals surface area (Å²) >= 11 is 0. The summed E-state index contributed by atoms with van der Waals surface area (Å²) in [5, 5.41) is 3.76. The molecule has 3 nitrogen and oxygen atoms in total. The minimum atomic E-state index is 0.347. The van der Waals surface area contributed by atoms with Gasteiger partial charge in [-0.3, -0.25) is 4.98 Å². The molecule has 1 unspecified atom stereocenters. The van der Waals surface area contributed by atoms with Crippen LogP contribution in [0.5, 0.6) is 5.75 Å². The van der Waals surface area contributed by atoms with E-state index < -0.39 is 0 Å². The molecule has 1 aromatic rings. The molecule has 1 fully saturated rings. The molecule has 0 saturated heterocycles. The van der Waals surface area contributed by atoms with Crippen LogP contribution in [0.3, 0.4) is 0 Å². The lowest BCUT2D eigenvalue weighted by Gasteiger charge is -2.35. The number of hydrogen-bond acceptors (Lipinski definition) is 3. The van der Waals surface area contributed by atoms with Crippen LogP contribution in [0.2, 0.25) is 0 Å². The Morgan fingerprint density at radius 1 is 1.24 bits per heavy atom. The minimum absolute atomic E-state index is 0.347. The van der Waals surface area contributed by atoms with E-state index in [1.165, 1.54) is 31.2 Å². The van der Waals surface area contributed by atoms with E-state index in [2.05, 4.69) is 37.1 Å². The smallest absolute Gasteiger partial charge is 0.137 e. The van der Waals surface area contributed by atoms with Gasteiger partial charge in [0.15, 0.2) is 0 Å². The Morgan fingerprint density at radius 2 is 2.00 bits per heavy atom. The molecule has 2 rings (SSSR count).